The van der Waals surface area contributed by atoms with E-state index in [0.29, 0.717) is 0 Å². The van der Waals surface area contributed by atoms with E-state index in [2.05, 4.69) is 0 Å². The molecule has 1 saturated heterocycles. The SMILES string of the molecule is CCC1C(O)O[C@H](C)C1O. The minimum Gasteiger partial charge on any atom is -0.390 e. The van der Waals surface area contributed by atoms with Crippen molar-refractivity contribution in [3.63, 3.8) is 0 Å². The smallest absolute Gasteiger partial charge is 0.160 e. The van der Waals surface area contributed by atoms with Crippen molar-refractivity contribution in [2.45, 2.75) is 38.8 Å². The van der Waals surface area contributed by atoms with Crippen LogP contribution in [0.5, 0.6) is 0 Å². The third-order valence-electron chi connectivity index (χ3n) is 2.11. The molecule has 0 aromatic heterocycles. The fourth-order valence-corrected chi connectivity index (χ4v) is 1.36. The maximum absolute atomic E-state index is 9.34. The first-order valence-electron chi connectivity index (χ1n) is 3.68. The minimum absolute atomic E-state index is 0.102. The van der Waals surface area contributed by atoms with Crippen LogP contribution in [0.2, 0.25) is 0 Å². The van der Waals surface area contributed by atoms with Crippen molar-refractivity contribution in [1.29, 1.82) is 0 Å². The van der Waals surface area contributed by atoms with Crippen LogP contribution in [0.15, 0.2) is 0 Å². The summed E-state index contributed by atoms with van der Waals surface area (Å²) < 4.78 is 4.98. The largest absolute Gasteiger partial charge is 0.390 e. The van der Waals surface area contributed by atoms with Crippen LogP contribution in [0.1, 0.15) is 20.3 Å². The summed E-state index contributed by atoms with van der Waals surface area (Å²) in [5.74, 6) is -0.102. The summed E-state index contributed by atoms with van der Waals surface area (Å²) in [6.07, 6.45) is -0.734. The predicted molar refractivity (Wildman–Crippen MR) is 36.3 cm³/mol. The fraction of sp³-hybridized carbons (Fsp3) is 1.00. The van der Waals surface area contributed by atoms with E-state index in [1.165, 1.54) is 0 Å². The lowest BCUT2D eigenvalue weighted by atomic mass is 9.99. The quantitative estimate of drug-likeness (QED) is 0.552. The van der Waals surface area contributed by atoms with E-state index in [-0.39, 0.29) is 12.0 Å². The van der Waals surface area contributed by atoms with Gasteiger partial charge in [-0.2, -0.15) is 0 Å². The van der Waals surface area contributed by atoms with E-state index in [9.17, 15) is 5.11 Å². The fourth-order valence-electron chi connectivity index (χ4n) is 1.36. The van der Waals surface area contributed by atoms with E-state index >= 15 is 0 Å². The van der Waals surface area contributed by atoms with Crippen molar-refractivity contribution in [2.75, 3.05) is 0 Å². The van der Waals surface area contributed by atoms with Gasteiger partial charge in [-0.25, -0.2) is 0 Å². The molecule has 0 bridgehead atoms. The second-order valence-electron chi connectivity index (χ2n) is 2.79. The molecule has 0 saturated carbocycles. The van der Waals surface area contributed by atoms with Crippen molar-refractivity contribution >= 4 is 0 Å². The third kappa shape index (κ3) is 1.17. The number of rotatable bonds is 1. The molecule has 1 aliphatic rings. The summed E-state index contributed by atoms with van der Waals surface area (Å²) in [5.41, 5.74) is 0. The van der Waals surface area contributed by atoms with Crippen LogP contribution in [0.3, 0.4) is 0 Å². The van der Waals surface area contributed by atoms with Gasteiger partial charge in [0.05, 0.1) is 12.2 Å². The lowest BCUT2D eigenvalue weighted by Crippen LogP contribution is -2.25. The molecule has 0 aliphatic carbocycles. The molecular weight excluding hydrogens is 132 g/mol. The van der Waals surface area contributed by atoms with Crippen molar-refractivity contribution < 1.29 is 14.9 Å². The lowest BCUT2D eigenvalue weighted by molar-refractivity contribution is -0.104. The molecule has 1 aliphatic heterocycles. The molecule has 0 radical (unpaired) electrons. The molecule has 0 aromatic rings. The zero-order chi connectivity index (χ0) is 7.72. The minimum atomic E-state index is -0.769. The van der Waals surface area contributed by atoms with Crippen LogP contribution >= 0.6 is 0 Å². The van der Waals surface area contributed by atoms with Gasteiger partial charge in [0.2, 0.25) is 0 Å². The molecule has 0 amide bonds. The van der Waals surface area contributed by atoms with Crippen LogP contribution < -0.4 is 0 Å². The molecule has 0 aromatic carbocycles. The van der Waals surface area contributed by atoms with E-state index < -0.39 is 12.4 Å². The normalized spacial score (nSPS) is 48.0. The van der Waals surface area contributed by atoms with E-state index in [0.717, 1.165) is 6.42 Å². The van der Waals surface area contributed by atoms with Gasteiger partial charge in [-0.05, 0) is 13.3 Å². The van der Waals surface area contributed by atoms with Crippen LogP contribution in [-0.2, 0) is 4.74 Å². The predicted octanol–water partition coefficient (Wildman–Crippen LogP) is 0.111. The Hall–Kier alpha value is -0.120. The Labute approximate surface area is 60.6 Å². The number of hydrogen-bond acceptors (Lipinski definition) is 3. The first kappa shape index (κ1) is 7.98. The number of hydrogen-bond donors (Lipinski definition) is 2. The van der Waals surface area contributed by atoms with Gasteiger partial charge in [-0.15, -0.1) is 0 Å². The Morgan fingerprint density at radius 3 is 2.20 bits per heavy atom. The van der Waals surface area contributed by atoms with Gasteiger partial charge < -0.3 is 14.9 Å². The molecule has 3 nitrogen and oxygen atoms in total. The highest BCUT2D eigenvalue weighted by Gasteiger charge is 2.38. The van der Waals surface area contributed by atoms with Crippen LogP contribution in [0, 0.1) is 5.92 Å². The topological polar surface area (TPSA) is 49.7 Å². The first-order chi connectivity index (χ1) is 4.66. The van der Waals surface area contributed by atoms with Crippen LogP contribution in [-0.4, -0.2) is 28.7 Å². The summed E-state index contributed by atoms with van der Waals surface area (Å²) >= 11 is 0. The molecule has 1 rings (SSSR count). The van der Waals surface area contributed by atoms with E-state index in [4.69, 9.17) is 9.84 Å². The molecule has 2 N–H and O–H groups in total. The van der Waals surface area contributed by atoms with Gasteiger partial charge in [-0.1, -0.05) is 6.92 Å². The summed E-state index contributed by atoms with van der Waals surface area (Å²) in [7, 11) is 0. The average molecular weight is 146 g/mol. The summed E-state index contributed by atoms with van der Waals surface area (Å²) in [4.78, 5) is 0. The van der Waals surface area contributed by atoms with Crippen molar-refractivity contribution in [2.24, 2.45) is 5.92 Å². The highest BCUT2D eigenvalue weighted by Crippen LogP contribution is 2.27. The summed E-state index contributed by atoms with van der Waals surface area (Å²) in [6, 6.07) is 0. The highest BCUT2D eigenvalue weighted by molar-refractivity contribution is 4.82. The molecule has 4 atom stereocenters. The molecule has 10 heavy (non-hydrogen) atoms. The zero-order valence-electron chi connectivity index (χ0n) is 6.32. The molecule has 0 spiro atoms. The number of aliphatic hydroxyl groups is 2. The Morgan fingerprint density at radius 2 is 2.00 bits per heavy atom. The molecule has 60 valence electrons. The molecule has 1 fully saturated rings. The third-order valence-corrected chi connectivity index (χ3v) is 2.11. The van der Waals surface area contributed by atoms with Crippen LogP contribution in [0.4, 0.5) is 0 Å². The molecule has 3 heteroatoms. The van der Waals surface area contributed by atoms with Crippen molar-refractivity contribution in [3.8, 4) is 0 Å². The maximum atomic E-state index is 9.34. The summed E-state index contributed by atoms with van der Waals surface area (Å²) in [5, 5.41) is 18.5. The van der Waals surface area contributed by atoms with Crippen molar-refractivity contribution in [3.05, 3.63) is 0 Å². The Bertz CT molecular complexity index is 115. The Morgan fingerprint density at radius 1 is 1.40 bits per heavy atom. The Balaban J connectivity index is 2.55. The number of ether oxygens (including phenoxy) is 1. The van der Waals surface area contributed by atoms with Gasteiger partial charge in [0.15, 0.2) is 6.29 Å². The Kier molecular flexibility index (Phi) is 2.28. The van der Waals surface area contributed by atoms with E-state index in [1.54, 1.807) is 6.92 Å². The molecule has 3 unspecified atom stereocenters. The second kappa shape index (κ2) is 2.86. The van der Waals surface area contributed by atoms with Gasteiger partial charge in [0.1, 0.15) is 0 Å². The van der Waals surface area contributed by atoms with Crippen LogP contribution in [0.25, 0.3) is 0 Å². The summed E-state index contributed by atoms with van der Waals surface area (Å²) in [6.45, 7) is 3.70. The molecular formula is C7H14O3. The number of aliphatic hydroxyl groups excluding tert-OH is 2. The monoisotopic (exact) mass is 146 g/mol. The molecule has 1 heterocycles. The van der Waals surface area contributed by atoms with Gasteiger partial charge in [0.25, 0.3) is 0 Å². The van der Waals surface area contributed by atoms with Gasteiger partial charge >= 0.3 is 0 Å². The van der Waals surface area contributed by atoms with Crippen molar-refractivity contribution in [1.82, 2.24) is 0 Å². The maximum Gasteiger partial charge on any atom is 0.160 e. The zero-order valence-corrected chi connectivity index (χ0v) is 6.32. The van der Waals surface area contributed by atoms with Gasteiger partial charge in [-0.3, -0.25) is 0 Å². The average Bonchev–Trinajstić information content (AvgIpc) is 2.09. The lowest BCUT2D eigenvalue weighted by Gasteiger charge is -2.12. The van der Waals surface area contributed by atoms with Gasteiger partial charge in [0, 0.05) is 5.92 Å². The second-order valence-corrected chi connectivity index (χ2v) is 2.79. The standard InChI is InChI=1S/C7H14O3/c1-3-5-6(8)4(2)10-7(5)9/h4-9H,3H2,1-2H3/t4-,5?,6?,7?/m1/s1. The van der Waals surface area contributed by atoms with E-state index in [1.807, 2.05) is 6.92 Å². The highest BCUT2D eigenvalue weighted by atomic mass is 16.6. The first-order valence-corrected chi connectivity index (χ1v) is 3.68.